The summed E-state index contributed by atoms with van der Waals surface area (Å²) < 4.78 is 0. The first-order valence-electron chi connectivity index (χ1n) is 6.18. The van der Waals surface area contributed by atoms with Crippen molar-refractivity contribution in [2.45, 2.75) is 19.8 Å². The molecule has 0 bridgehead atoms. The van der Waals surface area contributed by atoms with Crippen LogP contribution in [0.4, 0.5) is 0 Å². The molecular formula is C14H22N2O. The fourth-order valence-electron chi connectivity index (χ4n) is 1.81. The molecule has 3 nitrogen and oxygen atoms in total. The van der Waals surface area contributed by atoms with Gasteiger partial charge in [0.2, 0.25) is 5.91 Å². The normalized spacial score (nSPS) is 12.2. The SMILES string of the molecule is CCC(CN)C(=O)N(C)CCc1ccccc1. The van der Waals surface area contributed by atoms with Crippen LogP contribution in [0, 0.1) is 5.92 Å². The minimum atomic E-state index is -0.0317. The molecule has 0 saturated heterocycles. The van der Waals surface area contributed by atoms with Crippen LogP contribution in [0.25, 0.3) is 0 Å². The van der Waals surface area contributed by atoms with Crippen LogP contribution in [-0.2, 0) is 11.2 Å². The van der Waals surface area contributed by atoms with Gasteiger partial charge in [-0.25, -0.2) is 0 Å². The topological polar surface area (TPSA) is 46.3 Å². The lowest BCUT2D eigenvalue weighted by atomic mass is 10.1. The molecule has 1 rings (SSSR count). The van der Waals surface area contributed by atoms with Crippen molar-refractivity contribution in [3.63, 3.8) is 0 Å². The van der Waals surface area contributed by atoms with E-state index < -0.39 is 0 Å². The molecule has 0 aliphatic carbocycles. The maximum atomic E-state index is 12.0. The van der Waals surface area contributed by atoms with Gasteiger partial charge in [-0.1, -0.05) is 37.3 Å². The summed E-state index contributed by atoms with van der Waals surface area (Å²) in [4.78, 5) is 13.8. The van der Waals surface area contributed by atoms with E-state index in [4.69, 9.17) is 5.73 Å². The molecule has 1 amide bonds. The molecule has 1 aromatic carbocycles. The number of carbonyl (C=O) groups is 1. The van der Waals surface area contributed by atoms with Crippen LogP contribution in [0.3, 0.4) is 0 Å². The van der Waals surface area contributed by atoms with Gasteiger partial charge >= 0.3 is 0 Å². The fraction of sp³-hybridized carbons (Fsp3) is 0.500. The monoisotopic (exact) mass is 234 g/mol. The average molecular weight is 234 g/mol. The first kappa shape index (κ1) is 13.7. The largest absolute Gasteiger partial charge is 0.345 e. The molecule has 2 N–H and O–H groups in total. The van der Waals surface area contributed by atoms with Crippen molar-refractivity contribution in [1.29, 1.82) is 0 Å². The van der Waals surface area contributed by atoms with E-state index >= 15 is 0 Å². The highest BCUT2D eigenvalue weighted by atomic mass is 16.2. The molecule has 1 aromatic rings. The van der Waals surface area contributed by atoms with Crippen LogP contribution in [0.1, 0.15) is 18.9 Å². The van der Waals surface area contributed by atoms with Crippen LogP contribution in [0.2, 0.25) is 0 Å². The Morgan fingerprint density at radius 1 is 1.35 bits per heavy atom. The number of carbonyl (C=O) groups excluding carboxylic acids is 1. The predicted molar refractivity (Wildman–Crippen MR) is 70.6 cm³/mol. The molecule has 0 spiro atoms. The molecule has 0 radical (unpaired) electrons. The highest BCUT2D eigenvalue weighted by Gasteiger charge is 2.18. The Morgan fingerprint density at radius 3 is 2.53 bits per heavy atom. The lowest BCUT2D eigenvalue weighted by Crippen LogP contribution is -2.37. The van der Waals surface area contributed by atoms with Gasteiger partial charge in [0, 0.05) is 20.1 Å². The van der Waals surface area contributed by atoms with Crippen molar-refractivity contribution in [2.75, 3.05) is 20.1 Å². The van der Waals surface area contributed by atoms with Gasteiger partial charge in [0.1, 0.15) is 0 Å². The highest BCUT2D eigenvalue weighted by molar-refractivity contribution is 5.78. The zero-order valence-corrected chi connectivity index (χ0v) is 10.7. The molecule has 0 heterocycles. The van der Waals surface area contributed by atoms with Crippen LogP contribution >= 0.6 is 0 Å². The van der Waals surface area contributed by atoms with E-state index in [2.05, 4.69) is 12.1 Å². The zero-order valence-electron chi connectivity index (χ0n) is 10.7. The molecule has 94 valence electrons. The molecule has 1 atom stereocenters. The smallest absolute Gasteiger partial charge is 0.226 e. The summed E-state index contributed by atoms with van der Waals surface area (Å²) in [5, 5.41) is 0. The third kappa shape index (κ3) is 4.19. The highest BCUT2D eigenvalue weighted by Crippen LogP contribution is 2.06. The Morgan fingerprint density at radius 2 is 2.00 bits per heavy atom. The van der Waals surface area contributed by atoms with Crippen LogP contribution < -0.4 is 5.73 Å². The summed E-state index contributed by atoms with van der Waals surface area (Å²) in [7, 11) is 1.85. The van der Waals surface area contributed by atoms with Crippen molar-refractivity contribution in [2.24, 2.45) is 11.7 Å². The number of nitrogens with two attached hydrogens (primary N) is 1. The second-order valence-corrected chi connectivity index (χ2v) is 4.34. The van der Waals surface area contributed by atoms with E-state index in [1.807, 2.05) is 32.2 Å². The van der Waals surface area contributed by atoms with Crippen LogP contribution in [0.5, 0.6) is 0 Å². The summed E-state index contributed by atoms with van der Waals surface area (Å²) in [5.74, 6) is 0.127. The minimum Gasteiger partial charge on any atom is -0.345 e. The Labute approximate surface area is 104 Å². The molecule has 0 aliphatic rings. The Bertz CT molecular complexity index is 333. The molecule has 17 heavy (non-hydrogen) atoms. The van der Waals surface area contributed by atoms with Gasteiger partial charge < -0.3 is 10.6 Å². The van der Waals surface area contributed by atoms with Gasteiger partial charge in [-0.05, 0) is 18.4 Å². The minimum absolute atomic E-state index is 0.0317. The lowest BCUT2D eigenvalue weighted by Gasteiger charge is -2.22. The van der Waals surface area contributed by atoms with Gasteiger partial charge in [0.15, 0.2) is 0 Å². The van der Waals surface area contributed by atoms with Gasteiger partial charge in [-0.2, -0.15) is 0 Å². The van der Waals surface area contributed by atoms with E-state index in [0.717, 1.165) is 19.4 Å². The van der Waals surface area contributed by atoms with Crippen molar-refractivity contribution in [1.82, 2.24) is 4.90 Å². The van der Waals surface area contributed by atoms with E-state index in [9.17, 15) is 4.79 Å². The molecular weight excluding hydrogens is 212 g/mol. The van der Waals surface area contributed by atoms with E-state index in [-0.39, 0.29) is 11.8 Å². The summed E-state index contributed by atoms with van der Waals surface area (Å²) in [6.07, 6.45) is 1.70. The van der Waals surface area contributed by atoms with Crippen molar-refractivity contribution < 1.29 is 4.79 Å². The zero-order chi connectivity index (χ0) is 12.7. The first-order valence-corrected chi connectivity index (χ1v) is 6.18. The quantitative estimate of drug-likeness (QED) is 0.814. The standard InChI is InChI=1S/C14H22N2O/c1-3-13(11-15)14(17)16(2)10-9-12-7-5-4-6-8-12/h4-8,13H,3,9-11,15H2,1-2H3. The Kier molecular flexibility index (Phi) is 5.70. The van der Waals surface area contributed by atoms with Gasteiger partial charge in [-0.3, -0.25) is 4.79 Å². The van der Waals surface area contributed by atoms with E-state index in [0.29, 0.717) is 6.54 Å². The van der Waals surface area contributed by atoms with E-state index in [1.54, 1.807) is 4.90 Å². The summed E-state index contributed by atoms with van der Waals surface area (Å²) in [5.41, 5.74) is 6.84. The van der Waals surface area contributed by atoms with Crippen molar-refractivity contribution in [3.8, 4) is 0 Å². The third-order valence-corrected chi connectivity index (χ3v) is 3.08. The van der Waals surface area contributed by atoms with Crippen molar-refractivity contribution >= 4 is 5.91 Å². The third-order valence-electron chi connectivity index (χ3n) is 3.08. The number of hydrogen-bond acceptors (Lipinski definition) is 2. The number of amides is 1. The van der Waals surface area contributed by atoms with Crippen molar-refractivity contribution in [3.05, 3.63) is 35.9 Å². The van der Waals surface area contributed by atoms with Crippen LogP contribution in [-0.4, -0.2) is 30.9 Å². The van der Waals surface area contributed by atoms with E-state index in [1.165, 1.54) is 5.56 Å². The molecule has 0 aromatic heterocycles. The number of hydrogen-bond donors (Lipinski definition) is 1. The lowest BCUT2D eigenvalue weighted by molar-refractivity contribution is -0.133. The predicted octanol–water partition coefficient (Wildman–Crippen LogP) is 1.67. The number of benzene rings is 1. The average Bonchev–Trinajstić information content (AvgIpc) is 2.38. The second kappa shape index (κ2) is 7.07. The number of likely N-dealkylation sites (N-methyl/N-ethyl adjacent to an activating group) is 1. The number of nitrogens with zero attached hydrogens (tertiary/aromatic N) is 1. The fourth-order valence-corrected chi connectivity index (χ4v) is 1.81. The van der Waals surface area contributed by atoms with Crippen LogP contribution in [0.15, 0.2) is 30.3 Å². The molecule has 3 heteroatoms. The molecule has 0 fully saturated rings. The summed E-state index contributed by atoms with van der Waals surface area (Å²) in [6, 6.07) is 10.2. The number of rotatable bonds is 6. The molecule has 0 saturated carbocycles. The van der Waals surface area contributed by atoms with Gasteiger partial charge in [0.05, 0.1) is 5.92 Å². The molecule has 0 aliphatic heterocycles. The maximum absolute atomic E-state index is 12.0. The first-order chi connectivity index (χ1) is 8.19. The van der Waals surface area contributed by atoms with Gasteiger partial charge in [0.25, 0.3) is 0 Å². The maximum Gasteiger partial charge on any atom is 0.226 e. The Hall–Kier alpha value is -1.35. The molecule has 1 unspecified atom stereocenters. The summed E-state index contributed by atoms with van der Waals surface area (Å²) in [6.45, 7) is 3.19. The van der Waals surface area contributed by atoms with Gasteiger partial charge in [-0.15, -0.1) is 0 Å². The second-order valence-electron chi connectivity index (χ2n) is 4.34. The summed E-state index contributed by atoms with van der Waals surface area (Å²) >= 11 is 0. The Balaban J connectivity index is 2.44.